The van der Waals surface area contributed by atoms with E-state index in [9.17, 15) is 4.79 Å². The first kappa shape index (κ1) is 15.7. The summed E-state index contributed by atoms with van der Waals surface area (Å²) in [6.07, 6.45) is 19.0. The van der Waals surface area contributed by atoms with Gasteiger partial charge in [-0.3, -0.25) is 4.79 Å². The van der Waals surface area contributed by atoms with Gasteiger partial charge in [-0.05, 0) is 38.5 Å². The molecule has 0 unspecified atom stereocenters. The van der Waals surface area contributed by atoms with Gasteiger partial charge in [-0.25, -0.2) is 0 Å². The Labute approximate surface area is 105 Å². The van der Waals surface area contributed by atoms with E-state index in [1.807, 2.05) is 0 Å². The van der Waals surface area contributed by atoms with Crippen LogP contribution in [-0.2, 0) is 4.79 Å². The van der Waals surface area contributed by atoms with E-state index < -0.39 is 5.97 Å². The van der Waals surface area contributed by atoms with Crippen LogP contribution in [0.3, 0.4) is 0 Å². The summed E-state index contributed by atoms with van der Waals surface area (Å²) in [7, 11) is 0. The summed E-state index contributed by atoms with van der Waals surface area (Å²) < 4.78 is 0. The minimum Gasteiger partial charge on any atom is -0.481 e. The molecule has 0 aromatic carbocycles. The second-order valence-electron chi connectivity index (χ2n) is 3.93. The highest BCUT2D eigenvalue weighted by Crippen LogP contribution is 2.01. The van der Waals surface area contributed by atoms with Crippen molar-refractivity contribution < 1.29 is 9.90 Å². The van der Waals surface area contributed by atoms with Crippen LogP contribution in [0.1, 0.15) is 51.9 Å². The summed E-state index contributed by atoms with van der Waals surface area (Å²) in [5.74, 6) is -0.697. The zero-order valence-electron chi connectivity index (χ0n) is 10.8. The van der Waals surface area contributed by atoms with Crippen LogP contribution in [0.25, 0.3) is 0 Å². The van der Waals surface area contributed by atoms with Gasteiger partial charge < -0.3 is 5.11 Å². The van der Waals surface area contributed by atoms with Crippen LogP contribution in [0.2, 0.25) is 0 Å². The summed E-state index contributed by atoms with van der Waals surface area (Å²) in [5, 5.41) is 8.44. The summed E-state index contributed by atoms with van der Waals surface area (Å²) in [5.41, 5.74) is 0. The number of carboxylic acid groups (broad SMARTS) is 1. The van der Waals surface area contributed by atoms with Crippen molar-refractivity contribution in [2.75, 3.05) is 0 Å². The molecule has 1 N–H and O–H groups in total. The molecular weight excluding hydrogens is 212 g/mol. The van der Waals surface area contributed by atoms with E-state index in [-0.39, 0.29) is 6.42 Å². The fourth-order valence-corrected chi connectivity index (χ4v) is 1.36. The van der Waals surface area contributed by atoms with E-state index >= 15 is 0 Å². The average molecular weight is 236 g/mol. The third kappa shape index (κ3) is 14.7. The largest absolute Gasteiger partial charge is 0.481 e. The van der Waals surface area contributed by atoms with E-state index in [4.69, 9.17) is 5.11 Å². The standard InChI is InChI=1S/C15H24O2/c1-2-3-4-5-6-7-8-9-10-11-12-13-14-15(16)17/h3-4,6-7,9-10H,2,5,8,11-14H2,1H3,(H,16,17)/b4-3-,7-6-,10-9+. The monoisotopic (exact) mass is 236 g/mol. The third-order valence-corrected chi connectivity index (χ3v) is 2.29. The minimum absolute atomic E-state index is 0.289. The van der Waals surface area contributed by atoms with Crippen LogP contribution in [0.15, 0.2) is 36.5 Å². The number of aliphatic carboxylic acids is 1. The van der Waals surface area contributed by atoms with Gasteiger partial charge in [0.05, 0.1) is 0 Å². The summed E-state index contributed by atoms with van der Waals surface area (Å²) in [6, 6.07) is 0. The molecule has 2 nitrogen and oxygen atoms in total. The van der Waals surface area contributed by atoms with Crippen molar-refractivity contribution >= 4 is 5.97 Å². The van der Waals surface area contributed by atoms with Crippen LogP contribution in [0.5, 0.6) is 0 Å². The van der Waals surface area contributed by atoms with Crippen LogP contribution < -0.4 is 0 Å². The molecule has 0 aliphatic rings. The second kappa shape index (κ2) is 12.8. The number of hydrogen-bond acceptors (Lipinski definition) is 1. The van der Waals surface area contributed by atoms with Crippen molar-refractivity contribution in [2.24, 2.45) is 0 Å². The van der Waals surface area contributed by atoms with Gasteiger partial charge in [0, 0.05) is 6.42 Å². The Morgan fingerprint density at radius 2 is 1.53 bits per heavy atom. The van der Waals surface area contributed by atoms with Gasteiger partial charge in [0.25, 0.3) is 0 Å². The lowest BCUT2D eigenvalue weighted by Gasteiger charge is -1.92. The SMILES string of the molecule is CC/C=C\C/C=C\C/C=C/CCCCC(=O)O. The molecule has 0 saturated carbocycles. The van der Waals surface area contributed by atoms with Crippen molar-refractivity contribution in [1.82, 2.24) is 0 Å². The highest BCUT2D eigenvalue weighted by atomic mass is 16.4. The Kier molecular flexibility index (Phi) is 11.8. The molecule has 0 heterocycles. The van der Waals surface area contributed by atoms with Crippen LogP contribution in [0, 0.1) is 0 Å². The zero-order valence-corrected chi connectivity index (χ0v) is 10.8. The lowest BCUT2D eigenvalue weighted by Crippen LogP contribution is -1.92. The lowest BCUT2D eigenvalue weighted by molar-refractivity contribution is -0.137. The molecule has 0 saturated heterocycles. The second-order valence-corrected chi connectivity index (χ2v) is 3.93. The van der Waals surface area contributed by atoms with E-state index in [1.165, 1.54) is 0 Å². The van der Waals surface area contributed by atoms with Crippen molar-refractivity contribution in [2.45, 2.75) is 51.9 Å². The predicted octanol–water partition coefficient (Wildman–Crippen LogP) is 4.49. The molecule has 0 atom stereocenters. The Hall–Kier alpha value is -1.31. The fourth-order valence-electron chi connectivity index (χ4n) is 1.36. The molecule has 0 bridgehead atoms. The maximum absolute atomic E-state index is 10.2. The molecule has 17 heavy (non-hydrogen) atoms. The van der Waals surface area contributed by atoms with Crippen molar-refractivity contribution in [3.05, 3.63) is 36.5 Å². The molecule has 0 rings (SSSR count). The highest BCUT2D eigenvalue weighted by molar-refractivity contribution is 5.66. The quantitative estimate of drug-likeness (QED) is 0.448. The number of carbonyl (C=O) groups is 1. The van der Waals surface area contributed by atoms with Crippen molar-refractivity contribution in [3.8, 4) is 0 Å². The topological polar surface area (TPSA) is 37.3 Å². The molecule has 0 aromatic heterocycles. The van der Waals surface area contributed by atoms with Crippen LogP contribution >= 0.6 is 0 Å². The Balaban J connectivity index is 3.30. The smallest absolute Gasteiger partial charge is 0.303 e. The zero-order chi connectivity index (χ0) is 12.8. The maximum atomic E-state index is 10.2. The maximum Gasteiger partial charge on any atom is 0.303 e. The van der Waals surface area contributed by atoms with Crippen LogP contribution in [0.4, 0.5) is 0 Å². The van der Waals surface area contributed by atoms with Gasteiger partial charge in [-0.1, -0.05) is 43.4 Å². The molecule has 0 amide bonds. The van der Waals surface area contributed by atoms with Gasteiger partial charge in [0.1, 0.15) is 0 Å². The van der Waals surface area contributed by atoms with E-state index in [0.717, 1.165) is 38.5 Å². The first-order chi connectivity index (χ1) is 8.27. The molecule has 96 valence electrons. The number of rotatable bonds is 10. The highest BCUT2D eigenvalue weighted by Gasteiger charge is 1.93. The molecule has 0 aliphatic heterocycles. The number of unbranched alkanes of at least 4 members (excludes halogenated alkanes) is 2. The molecular formula is C15H24O2. The average Bonchev–Trinajstić information content (AvgIpc) is 2.30. The van der Waals surface area contributed by atoms with Gasteiger partial charge in [0.15, 0.2) is 0 Å². The first-order valence-corrected chi connectivity index (χ1v) is 6.44. The Morgan fingerprint density at radius 1 is 0.941 bits per heavy atom. The van der Waals surface area contributed by atoms with Crippen molar-refractivity contribution in [1.29, 1.82) is 0 Å². The number of hydrogen-bond donors (Lipinski definition) is 1. The molecule has 0 radical (unpaired) electrons. The normalized spacial score (nSPS) is 12.1. The first-order valence-electron chi connectivity index (χ1n) is 6.44. The molecule has 0 spiro atoms. The van der Waals surface area contributed by atoms with Gasteiger partial charge in [0.2, 0.25) is 0 Å². The third-order valence-electron chi connectivity index (χ3n) is 2.29. The summed E-state index contributed by atoms with van der Waals surface area (Å²) in [4.78, 5) is 10.2. The molecule has 0 fully saturated rings. The summed E-state index contributed by atoms with van der Waals surface area (Å²) >= 11 is 0. The van der Waals surface area contributed by atoms with E-state index in [1.54, 1.807) is 0 Å². The van der Waals surface area contributed by atoms with E-state index in [0.29, 0.717) is 0 Å². The minimum atomic E-state index is -0.697. The lowest BCUT2D eigenvalue weighted by atomic mass is 10.2. The van der Waals surface area contributed by atoms with Gasteiger partial charge >= 0.3 is 5.97 Å². The molecule has 0 aliphatic carbocycles. The fraction of sp³-hybridized carbons (Fsp3) is 0.533. The molecule has 0 aromatic rings. The Morgan fingerprint density at radius 3 is 2.12 bits per heavy atom. The van der Waals surface area contributed by atoms with Gasteiger partial charge in [-0.15, -0.1) is 0 Å². The molecule has 2 heteroatoms. The van der Waals surface area contributed by atoms with E-state index in [2.05, 4.69) is 43.4 Å². The number of allylic oxidation sites excluding steroid dienone is 6. The summed E-state index contributed by atoms with van der Waals surface area (Å²) in [6.45, 7) is 2.13. The Bertz CT molecular complexity index is 262. The van der Waals surface area contributed by atoms with Crippen LogP contribution in [-0.4, -0.2) is 11.1 Å². The van der Waals surface area contributed by atoms with Crippen molar-refractivity contribution in [3.63, 3.8) is 0 Å². The predicted molar refractivity (Wildman–Crippen MR) is 73.0 cm³/mol. The van der Waals surface area contributed by atoms with Gasteiger partial charge in [-0.2, -0.15) is 0 Å². The number of carboxylic acids is 1.